The molecule has 0 aromatic heterocycles. The lowest BCUT2D eigenvalue weighted by Gasteiger charge is -2.24. The first-order chi connectivity index (χ1) is 12.2. The van der Waals surface area contributed by atoms with Crippen molar-refractivity contribution in [2.75, 3.05) is 33.3 Å². The van der Waals surface area contributed by atoms with Gasteiger partial charge in [-0.2, -0.15) is 13.2 Å². The highest BCUT2D eigenvalue weighted by molar-refractivity contribution is 5.76. The molecule has 0 bridgehead atoms. The van der Waals surface area contributed by atoms with Crippen molar-refractivity contribution in [2.45, 2.75) is 31.0 Å². The van der Waals surface area contributed by atoms with Crippen LogP contribution in [0.25, 0.3) is 0 Å². The minimum absolute atomic E-state index is 0.0469. The molecule has 0 saturated carbocycles. The van der Waals surface area contributed by atoms with Crippen molar-refractivity contribution in [2.24, 2.45) is 0 Å². The molecule has 1 aliphatic heterocycles. The quantitative estimate of drug-likeness (QED) is 0.713. The molecule has 146 valence electrons. The molecule has 26 heavy (non-hydrogen) atoms. The van der Waals surface area contributed by atoms with E-state index in [-0.39, 0.29) is 18.1 Å². The summed E-state index contributed by atoms with van der Waals surface area (Å²) in [6.07, 6.45) is -4.32. The molecule has 2 atom stereocenters. The van der Waals surface area contributed by atoms with Crippen molar-refractivity contribution in [3.63, 3.8) is 0 Å². The van der Waals surface area contributed by atoms with Crippen molar-refractivity contribution < 1.29 is 32.2 Å². The summed E-state index contributed by atoms with van der Waals surface area (Å²) in [7, 11) is 1.47. The average Bonchev–Trinajstić information content (AvgIpc) is 2.96. The highest BCUT2D eigenvalue weighted by atomic mass is 19.4. The number of hydrogen-bond donors (Lipinski definition) is 2. The summed E-state index contributed by atoms with van der Waals surface area (Å²) in [6, 6.07) is 3.40. The van der Waals surface area contributed by atoms with Crippen LogP contribution in [-0.4, -0.2) is 61.5 Å². The fraction of sp³-hybridized carbons (Fsp3) is 0.588. The van der Waals surface area contributed by atoms with Crippen molar-refractivity contribution >= 4 is 5.91 Å². The monoisotopic (exact) mass is 378 g/mol. The molecule has 1 aromatic rings. The lowest BCUT2D eigenvalue weighted by Crippen LogP contribution is -2.30. The van der Waals surface area contributed by atoms with Gasteiger partial charge in [0.05, 0.1) is 6.10 Å². The second-order valence-corrected chi connectivity index (χ2v) is 6.40. The largest absolute Gasteiger partial charge is 0.484 e. The van der Waals surface area contributed by atoms with Crippen LogP contribution in [0.3, 0.4) is 0 Å². The Morgan fingerprint density at radius 2 is 2.15 bits per heavy atom. The average molecular weight is 378 g/mol. The van der Waals surface area contributed by atoms with E-state index in [1.165, 1.54) is 19.2 Å². The number of carbonyl (C=O) groups is 1. The Morgan fingerprint density at radius 1 is 1.42 bits per heavy atom. The number of rotatable bonds is 7. The molecule has 1 aromatic carbocycles. The molecule has 1 fully saturated rings. The van der Waals surface area contributed by atoms with E-state index in [0.29, 0.717) is 31.6 Å². The summed E-state index contributed by atoms with van der Waals surface area (Å²) in [5, 5.41) is 12.1. The summed E-state index contributed by atoms with van der Waals surface area (Å²) in [6.45, 7) is -0.0594. The van der Waals surface area contributed by atoms with Crippen molar-refractivity contribution in [3.05, 3.63) is 29.6 Å². The van der Waals surface area contributed by atoms with Crippen LogP contribution < -0.4 is 10.1 Å². The molecule has 1 amide bonds. The Labute approximate surface area is 148 Å². The van der Waals surface area contributed by atoms with Gasteiger partial charge in [-0.25, -0.2) is 4.39 Å². The van der Waals surface area contributed by atoms with E-state index in [4.69, 9.17) is 0 Å². The van der Waals surface area contributed by atoms with E-state index in [9.17, 15) is 27.5 Å². The summed E-state index contributed by atoms with van der Waals surface area (Å²) in [5.41, 5.74) is 0.382. The smallest absolute Gasteiger partial charge is 0.422 e. The van der Waals surface area contributed by atoms with E-state index in [2.05, 4.69) is 10.1 Å². The number of benzene rings is 1. The molecule has 2 rings (SSSR count). The summed E-state index contributed by atoms with van der Waals surface area (Å²) in [4.78, 5) is 13.8. The number of ether oxygens (including phenoxy) is 1. The molecule has 0 aliphatic carbocycles. The molecular weight excluding hydrogens is 356 g/mol. The molecule has 1 heterocycles. The SMILES string of the molecule is CNC(=O)C[C@H](CN1CC[C@H](O)C1)c1cc(F)cc(OCC(F)(F)F)c1. The number of aliphatic hydroxyl groups is 1. The molecular formula is C17H22F4N2O3. The van der Waals surface area contributed by atoms with Gasteiger partial charge < -0.3 is 20.1 Å². The van der Waals surface area contributed by atoms with Crippen molar-refractivity contribution in [3.8, 4) is 5.75 Å². The first-order valence-corrected chi connectivity index (χ1v) is 8.27. The fourth-order valence-electron chi connectivity index (χ4n) is 2.97. The molecule has 1 aliphatic rings. The third-order valence-corrected chi connectivity index (χ3v) is 4.20. The number of β-amino-alcohol motifs (C(OH)–C–C–N with tert-alkyl or cyclic N) is 1. The predicted molar refractivity (Wildman–Crippen MR) is 86.4 cm³/mol. The second kappa shape index (κ2) is 8.68. The van der Waals surface area contributed by atoms with Gasteiger partial charge in [0.15, 0.2) is 6.61 Å². The minimum Gasteiger partial charge on any atom is -0.484 e. The highest BCUT2D eigenvalue weighted by Crippen LogP contribution is 2.28. The number of amides is 1. The van der Waals surface area contributed by atoms with Gasteiger partial charge in [0.1, 0.15) is 11.6 Å². The summed E-state index contributed by atoms with van der Waals surface area (Å²) < 4.78 is 55.5. The van der Waals surface area contributed by atoms with E-state index >= 15 is 0 Å². The summed E-state index contributed by atoms with van der Waals surface area (Å²) >= 11 is 0. The Hall–Kier alpha value is -1.87. The fourth-order valence-corrected chi connectivity index (χ4v) is 2.97. The molecule has 0 radical (unpaired) electrons. The van der Waals surface area contributed by atoms with Gasteiger partial charge in [-0.15, -0.1) is 0 Å². The zero-order valence-corrected chi connectivity index (χ0v) is 14.4. The van der Waals surface area contributed by atoms with Crippen molar-refractivity contribution in [1.82, 2.24) is 10.2 Å². The standard InChI is InChI=1S/C17H22F4N2O3/c1-22-16(25)6-12(8-23-3-2-14(24)9-23)11-4-13(18)7-15(5-11)26-10-17(19,20)21/h4-5,7,12,14,24H,2-3,6,8-10H2,1H3,(H,22,25)/t12-,14+/m1/s1. The Balaban J connectivity index is 2.19. The molecule has 5 nitrogen and oxygen atoms in total. The Kier molecular flexibility index (Phi) is 6.82. The predicted octanol–water partition coefficient (Wildman–Crippen LogP) is 2.05. The molecule has 0 unspecified atom stereocenters. The van der Waals surface area contributed by atoms with Gasteiger partial charge in [-0.3, -0.25) is 4.79 Å². The van der Waals surface area contributed by atoms with E-state index in [1.54, 1.807) is 0 Å². The number of alkyl halides is 3. The zero-order chi connectivity index (χ0) is 19.3. The van der Waals surface area contributed by atoms with Crippen LogP contribution >= 0.6 is 0 Å². The van der Waals surface area contributed by atoms with Gasteiger partial charge in [0, 0.05) is 45.1 Å². The Morgan fingerprint density at radius 3 is 2.73 bits per heavy atom. The van der Waals surface area contributed by atoms with Crippen LogP contribution in [0.4, 0.5) is 17.6 Å². The first-order valence-electron chi connectivity index (χ1n) is 8.27. The van der Waals surface area contributed by atoms with Crippen LogP contribution in [0.1, 0.15) is 24.3 Å². The maximum absolute atomic E-state index is 13.9. The van der Waals surface area contributed by atoms with Gasteiger partial charge in [0.25, 0.3) is 0 Å². The number of carbonyl (C=O) groups excluding carboxylic acids is 1. The second-order valence-electron chi connectivity index (χ2n) is 6.40. The Bertz CT molecular complexity index is 625. The third-order valence-electron chi connectivity index (χ3n) is 4.20. The number of nitrogens with one attached hydrogen (secondary N) is 1. The molecule has 9 heteroatoms. The lowest BCUT2D eigenvalue weighted by molar-refractivity contribution is -0.153. The van der Waals surface area contributed by atoms with Gasteiger partial charge in [0.2, 0.25) is 5.91 Å². The van der Waals surface area contributed by atoms with E-state index in [0.717, 1.165) is 6.07 Å². The maximum atomic E-state index is 13.9. The number of halogens is 4. The van der Waals surface area contributed by atoms with Gasteiger partial charge in [-0.1, -0.05) is 0 Å². The number of likely N-dealkylation sites (tertiary alicyclic amines) is 1. The van der Waals surface area contributed by atoms with Gasteiger partial charge in [-0.05, 0) is 24.1 Å². The van der Waals surface area contributed by atoms with Crippen LogP contribution in [0, 0.1) is 5.82 Å². The van der Waals surface area contributed by atoms with E-state index in [1.807, 2.05) is 4.90 Å². The molecule has 2 N–H and O–H groups in total. The van der Waals surface area contributed by atoms with Crippen molar-refractivity contribution in [1.29, 1.82) is 0 Å². The number of hydrogen-bond acceptors (Lipinski definition) is 4. The topological polar surface area (TPSA) is 61.8 Å². The molecule has 1 saturated heterocycles. The first kappa shape index (κ1) is 20.4. The minimum atomic E-state index is -4.53. The number of nitrogens with zero attached hydrogens (tertiary/aromatic N) is 1. The maximum Gasteiger partial charge on any atom is 0.422 e. The normalized spacial score (nSPS) is 19.4. The van der Waals surface area contributed by atoms with Crippen LogP contribution in [-0.2, 0) is 4.79 Å². The molecule has 0 spiro atoms. The van der Waals surface area contributed by atoms with Crippen LogP contribution in [0.15, 0.2) is 18.2 Å². The van der Waals surface area contributed by atoms with Gasteiger partial charge >= 0.3 is 6.18 Å². The lowest BCUT2D eigenvalue weighted by atomic mass is 9.94. The number of aliphatic hydroxyl groups excluding tert-OH is 1. The van der Waals surface area contributed by atoms with E-state index < -0.39 is 30.6 Å². The third kappa shape index (κ3) is 6.45. The van der Waals surface area contributed by atoms with Crippen LogP contribution in [0.5, 0.6) is 5.75 Å². The van der Waals surface area contributed by atoms with Crippen LogP contribution in [0.2, 0.25) is 0 Å². The highest BCUT2D eigenvalue weighted by Gasteiger charge is 2.29. The summed E-state index contributed by atoms with van der Waals surface area (Å²) in [5.74, 6) is -1.68. The zero-order valence-electron chi connectivity index (χ0n) is 14.4.